The van der Waals surface area contributed by atoms with E-state index >= 15 is 0 Å². The van der Waals surface area contributed by atoms with E-state index in [-0.39, 0.29) is 24.5 Å². The maximum atomic E-state index is 12.0. The molecule has 0 saturated heterocycles. The molecule has 0 spiro atoms. The van der Waals surface area contributed by atoms with Crippen LogP contribution in [0.4, 0.5) is 0 Å². The van der Waals surface area contributed by atoms with Gasteiger partial charge < -0.3 is 15.2 Å². The van der Waals surface area contributed by atoms with E-state index in [0.29, 0.717) is 5.75 Å². The van der Waals surface area contributed by atoms with Crippen molar-refractivity contribution in [2.24, 2.45) is 5.92 Å². The summed E-state index contributed by atoms with van der Waals surface area (Å²) >= 11 is 0. The van der Waals surface area contributed by atoms with Crippen LogP contribution in [0.2, 0.25) is 0 Å². The van der Waals surface area contributed by atoms with Crippen LogP contribution in [-0.4, -0.2) is 29.8 Å². The van der Waals surface area contributed by atoms with Crippen LogP contribution in [0, 0.1) is 12.8 Å². The number of hydrogen-bond donors (Lipinski definition) is 2. The third-order valence-electron chi connectivity index (χ3n) is 3.00. The minimum Gasteiger partial charge on any atom is -0.481 e. The van der Waals surface area contributed by atoms with Gasteiger partial charge in [0.2, 0.25) is 0 Å². The molecule has 0 heterocycles. The Morgan fingerprint density at radius 1 is 1.37 bits per heavy atom. The Morgan fingerprint density at radius 3 is 2.58 bits per heavy atom. The molecule has 4 heteroatoms. The summed E-state index contributed by atoms with van der Waals surface area (Å²) in [6.07, 6.45) is -0.588. The van der Waals surface area contributed by atoms with Crippen LogP contribution in [0.25, 0.3) is 0 Å². The Bertz CT molecular complexity index is 418. The molecule has 1 amide bonds. The molecule has 0 fully saturated rings. The van der Waals surface area contributed by atoms with Gasteiger partial charge in [0.1, 0.15) is 5.75 Å². The van der Waals surface area contributed by atoms with Crippen LogP contribution in [0.5, 0.6) is 5.75 Å². The second-order valence-electron chi connectivity index (χ2n) is 5.12. The maximum absolute atomic E-state index is 12.0. The lowest BCUT2D eigenvalue weighted by Crippen LogP contribution is -2.46. The molecule has 2 unspecified atom stereocenters. The Balaban J connectivity index is 2.57. The van der Waals surface area contributed by atoms with Gasteiger partial charge in [0, 0.05) is 0 Å². The molecule has 4 nitrogen and oxygen atoms in total. The highest BCUT2D eigenvalue weighted by atomic mass is 16.5. The van der Waals surface area contributed by atoms with Gasteiger partial charge in [0.15, 0.2) is 6.10 Å². The molecule has 19 heavy (non-hydrogen) atoms. The average Bonchev–Trinajstić information content (AvgIpc) is 2.35. The van der Waals surface area contributed by atoms with Crippen LogP contribution in [0.15, 0.2) is 24.3 Å². The molecule has 0 bridgehead atoms. The fraction of sp³-hybridized carbons (Fsp3) is 0.533. The predicted octanol–water partition coefficient (Wildman–Crippen LogP) is 1.90. The summed E-state index contributed by atoms with van der Waals surface area (Å²) in [5.41, 5.74) is 1.08. The fourth-order valence-electron chi connectivity index (χ4n) is 1.67. The van der Waals surface area contributed by atoms with Crippen molar-refractivity contribution in [3.63, 3.8) is 0 Å². The van der Waals surface area contributed by atoms with Gasteiger partial charge in [-0.05, 0) is 37.5 Å². The quantitative estimate of drug-likeness (QED) is 0.826. The van der Waals surface area contributed by atoms with Gasteiger partial charge in [0.25, 0.3) is 5.91 Å². The van der Waals surface area contributed by atoms with Gasteiger partial charge >= 0.3 is 0 Å². The van der Waals surface area contributed by atoms with Gasteiger partial charge in [-0.3, -0.25) is 4.79 Å². The van der Waals surface area contributed by atoms with Crippen molar-refractivity contribution < 1.29 is 14.6 Å². The third-order valence-corrected chi connectivity index (χ3v) is 3.00. The van der Waals surface area contributed by atoms with Crippen molar-refractivity contribution in [3.05, 3.63) is 29.8 Å². The Kier molecular flexibility index (Phi) is 5.83. The summed E-state index contributed by atoms with van der Waals surface area (Å²) in [7, 11) is 0. The van der Waals surface area contributed by atoms with Crippen molar-refractivity contribution in [2.45, 2.75) is 39.8 Å². The molecule has 0 aliphatic carbocycles. The molecule has 1 aromatic rings. The van der Waals surface area contributed by atoms with Crippen molar-refractivity contribution in [1.29, 1.82) is 0 Å². The van der Waals surface area contributed by atoms with Gasteiger partial charge in [-0.1, -0.05) is 26.0 Å². The van der Waals surface area contributed by atoms with Crippen LogP contribution in [-0.2, 0) is 4.79 Å². The first-order valence-corrected chi connectivity index (χ1v) is 6.58. The highest BCUT2D eigenvalue weighted by molar-refractivity contribution is 5.81. The maximum Gasteiger partial charge on any atom is 0.261 e. The number of aryl methyl sites for hydroxylation is 1. The zero-order chi connectivity index (χ0) is 14.4. The zero-order valence-corrected chi connectivity index (χ0v) is 12.0. The molecule has 0 aliphatic rings. The van der Waals surface area contributed by atoms with E-state index < -0.39 is 6.10 Å². The number of amides is 1. The summed E-state index contributed by atoms with van der Waals surface area (Å²) < 4.78 is 5.59. The van der Waals surface area contributed by atoms with Crippen molar-refractivity contribution in [1.82, 2.24) is 5.32 Å². The van der Waals surface area contributed by atoms with E-state index in [0.717, 1.165) is 5.56 Å². The SMILES string of the molecule is Cc1cccc(OC(C)C(=O)NC(CO)C(C)C)c1. The smallest absolute Gasteiger partial charge is 0.261 e. The van der Waals surface area contributed by atoms with E-state index in [9.17, 15) is 9.90 Å². The molecule has 0 radical (unpaired) electrons. The normalized spacial score (nSPS) is 14.0. The average molecular weight is 265 g/mol. The van der Waals surface area contributed by atoms with E-state index in [2.05, 4.69) is 5.32 Å². The molecule has 2 N–H and O–H groups in total. The lowest BCUT2D eigenvalue weighted by Gasteiger charge is -2.22. The first kappa shape index (κ1) is 15.5. The molecule has 106 valence electrons. The molecule has 2 atom stereocenters. The monoisotopic (exact) mass is 265 g/mol. The first-order valence-electron chi connectivity index (χ1n) is 6.58. The summed E-state index contributed by atoms with van der Waals surface area (Å²) in [5, 5.41) is 12.0. The minimum atomic E-state index is -0.588. The molecule has 1 aromatic carbocycles. The number of carbonyl (C=O) groups excluding carboxylic acids is 1. The van der Waals surface area contributed by atoms with Crippen LogP contribution in [0.1, 0.15) is 26.3 Å². The Labute approximate surface area is 114 Å². The highest BCUT2D eigenvalue weighted by Gasteiger charge is 2.20. The lowest BCUT2D eigenvalue weighted by molar-refractivity contribution is -0.128. The summed E-state index contributed by atoms with van der Waals surface area (Å²) in [5.74, 6) is 0.641. The van der Waals surface area contributed by atoms with Crippen molar-refractivity contribution >= 4 is 5.91 Å². The van der Waals surface area contributed by atoms with Crippen LogP contribution < -0.4 is 10.1 Å². The van der Waals surface area contributed by atoms with Crippen molar-refractivity contribution in [3.8, 4) is 5.75 Å². The predicted molar refractivity (Wildman–Crippen MR) is 75.1 cm³/mol. The molecule has 1 rings (SSSR count). The lowest BCUT2D eigenvalue weighted by atomic mass is 10.1. The molecule has 0 aromatic heterocycles. The number of carbonyl (C=O) groups is 1. The number of nitrogens with one attached hydrogen (secondary N) is 1. The number of benzene rings is 1. The second kappa shape index (κ2) is 7.14. The van der Waals surface area contributed by atoms with Gasteiger partial charge in [-0.15, -0.1) is 0 Å². The van der Waals surface area contributed by atoms with Gasteiger partial charge in [-0.25, -0.2) is 0 Å². The van der Waals surface area contributed by atoms with Crippen LogP contribution in [0.3, 0.4) is 0 Å². The Morgan fingerprint density at radius 2 is 2.05 bits per heavy atom. The van der Waals surface area contributed by atoms with Crippen molar-refractivity contribution in [2.75, 3.05) is 6.61 Å². The molecule has 0 saturated carbocycles. The number of rotatable bonds is 6. The topological polar surface area (TPSA) is 58.6 Å². The summed E-state index contributed by atoms with van der Waals surface area (Å²) in [6, 6.07) is 7.33. The first-order chi connectivity index (χ1) is 8.93. The Hall–Kier alpha value is -1.55. The van der Waals surface area contributed by atoms with E-state index in [1.54, 1.807) is 6.92 Å². The minimum absolute atomic E-state index is 0.0689. The fourth-order valence-corrected chi connectivity index (χ4v) is 1.67. The van der Waals surface area contributed by atoms with Gasteiger partial charge in [-0.2, -0.15) is 0 Å². The zero-order valence-electron chi connectivity index (χ0n) is 12.0. The molecular weight excluding hydrogens is 242 g/mol. The molecular formula is C15H23NO3. The number of ether oxygens (including phenoxy) is 1. The third kappa shape index (κ3) is 4.91. The van der Waals surface area contributed by atoms with E-state index in [1.165, 1.54) is 0 Å². The standard InChI is InChI=1S/C15H23NO3/c1-10(2)14(9-17)16-15(18)12(4)19-13-7-5-6-11(3)8-13/h5-8,10,12,14,17H,9H2,1-4H3,(H,16,18). The summed E-state index contributed by atoms with van der Waals surface area (Å²) in [4.78, 5) is 12.0. The molecule has 0 aliphatic heterocycles. The van der Waals surface area contributed by atoms with E-state index in [1.807, 2.05) is 45.0 Å². The number of hydrogen-bond acceptors (Lipinski definition) is 3. The largest absolute Gasteiger partial charge is 0.481 e. The number of aliphatic hydroxyl groups is 1. The van der Waals surface area contributed by atoms with Gasteiger partial charge in [0.05, 0.1) is 12.6 Å². The highest BCUT2D eigenvalue weighted by Crippen LogP contribution is 2.14. The van der Waals surface area contributed by atoms with E-state index in [4.69, 9.17) is 4.74 Å². The summed E-state index contributed by atoms with van der Waals surface area (Å²) in [6.45, 7) is 7.51. The number of aliphatic hydroxyl groups excluding tert-OH is 1. The second-order valence-corrected chi connectivity index (χ2v) is 5.12. The van der Waals surface area contributed by atoms with Crippen LogP contribution >= 0.6 is 0 Å².